The van der Waals surface area contributed by atoms with Crippen molar-refractivity contribution in [2.45, 2.75) is 6.04 Å². The lowest BCUT2D eigenvalue weighted by Gasteiger charge is -1.99. The summed E-state index contributed by atoms with van der Waals surface area (Å²) in [6.45, 7) is -0.285. The molecule has 0 unspecified atom stereocenters. The molecule has 0 bridgehead atoms. The standard InChI is InChI=1S/C10H9BrFN3O2/c11-7-3-5(12)1-2-6(7)9-14-10(17-15-9)8(13)4-16/h1-3,8,16H,4,13H2/t8-/m1/s1. The van der Waals surface area contributed by atoms with Gasteiger partial charge in [-0.1, -0.05) is 5.16 Å². The number of rotatable bonds is 3. The van der Waals surface area contributed by atoms with Crippen LogP contribution >= 0.6 is 15.9 Å². The Morgan fingerprint density at radius 3 is 2.94 bits per heavy atom. The zero-order chi connectivity index (χ0) is 12.4. The quantitative estimate of drug-likeness (QED) is 0.900. The van der Waals surface area contributed by atoms with Gasteiger partial charge in [-0.3, -0.25) is 0 Å². The van der Waals surface area contributed by atoms with Crippen LogP contribution in [0.15, 0.2) is 27.2 Å². The molecule has 17 heavy (non-hydrogen) atoms. The number of hydrogen-bond donors (Lipinski definition) is 2. The number of halogens is 2. The molecule has 0 radical (unpaired) electrons. The van der Waals surface area contributed by atoms with Crippen LogP contribution < -0.4 is 5.73 Å². The second-order valence-electron chi connectivity index (χ2n) is 3.37. The first kappa shape index (κ1) is 12.2. The predicted molar refractivity (Wildman–Crippen MR) is 61.4 cm³/mol. The Kier molecular flexibility index (Phi) is 3.51. The third-order valence-corrected chi connectivity index (χ3v) is 2.78. The molecule has 1 heterocycles. The van der Waals surface area contributed by atoms with Gasteiger partial charge in [0.05, 0.1) is 6.61 Å². The molecule has 0 amide bonds. The van der Waals surface area contributed by atoms with E-state index in [1.165, 1.54) is 18.2 Å². The summed E-state index contributed by atoms with van der Waals surface area (Å²) < 4.78 is 18.3. The molecule has 7 heteroatoms. The minimum atomic E-state index is -0.713. The highest BCUT2D eigenvalue weighted by atomic mass is 79.9. The van der Waals surface area contributed by atoms with Gasteiger partial charge in [0.2, 0.25) is 11.7 Å². The first-order valence-corrected chi connectivity index (χ1v) is 5.56. The third kappa shape index (κ3) is 2.51. The molecule has 1 aromatic heterocycles. The molecule has 2 rings (SSSR count). The van der Waals surface area contributed by atoms with E-state index in [1.54, 1.807) is 0 Å². The summed E-state index contributed by atoms with van der Waals surface area (Å²) in [7, 11) is 0. The molecule has 0 saturated carbocycles. The molecule has 0 aliphatic rings. The van der Waals surface area contributed by atoms with E-state index in [0.717, 1.165) is 0 Å². The lowest BCUT2D eigenvalue weighted by atomic mass is 10.2. The van der Waals surface area contributed by atoms with Crippen molar-refractivity contribution >= 4 is 15.9 Å². The monoisotopic (exact) mass is 301 g/mol. The van der Waals surface area contributed by atoms with Gasteiger partial charge in [0.15, 0.2) is 0 Å². The summed E-state index contributed by atoms with van der Waals surface area (Å²) in [5.74, 6) is 0.0610. The summed E-state index contributed by atoms with van der Waals surface area (Å²) in [5.41, 5.74) is 6.12. The molecule has 0 spiro atoms. The van der Waals surface area contributed by atoms with Crippen molar-refractivity contribution < 1.29 is 14.0 Å². The van der Waals surface area contributed by atoms with Gasteiger partial charge in [0.1, 0.15) is 11.9 Å². The summed E-state index contributed by atoms with van der Waals surface area (Å²) in [6, 6.07) is 3.41. The summed E-state index contributed by atoms with van der Waals surface area (Å²) >= 11 is 3.20. The van der Waals surface area contributed by atoms with Gasteiger partial charge in [-0.15, -0.1) is 0 Å². The SMILES string of the molecule is N[C@H](CO)c1nc(-c2ccc(F)cc2Br)no1. The number of aliphatic hydroxyl groups is 1. The molecular formula is C10H9BrFN3O2. The van der Waals surface area contributed by atoms with Crippen molar-refractivity contribution in [2.75, 3.05) is 6.61 Å². The van der Waals surface area contributed by atoms with Crippen molar-refractivity contribution in [1.29, 1.82) is 0 Å². The zero-order valence-electron chi connectivity index (χ0n) is 8.60. The van der Waals surface area contributed by atoms with Crippen LogP contribution in [0, 0.1) is 5.82 Å². The Hall–Kier alpha value is -1.31. The predicted octanol–water partition coefficient (Wildman–Crippen LogP) is 1.63. The average molecular weight is 302 g/mol. The maximum atomic E-state index is 12.9. The lowest BCUT2D eigenvalue weighted by Crippen LogP contribution is -2.14. The molecule has 0 aliphatic heterocycles. The Morgan fingerprint density at radius 1 is 1.53 bits per heavy atom. The molecular weight excluding hydrogens is 293 g/mol. The topological polar surface area (TPSA) is 85.2 Å². The molecule has 5 nitrogen and oxygen atoms in total. The van der Waals surface area contributed by atoms with Crippen molar-refractivity contribution in [2.24, 2.45) is 5.73 Å². The van der Waals surface area contributed by atoms with E-state index in [4.69, 9.17) is 15.4 Å². The molecule has 0 saturated heterocycles. The van der Waals surface area contributed by atoms with Crippen LogP contribution in [0.4, 0.5) is 4.39 Å². The van der Waals surface area contributed by atoms with E-state index >= 15 is 0 Å². The molecule has 0 fully saturated rings. The fourth-order valence-corrected chi connectivity index (χ4v) is 1.77. The first-order valence-electron chi connectivity index (χ1n) is 4.77. The van der Waals surface area contributed by atoms with E-state index in [0.29, 0.717) is 10.0 Å². The van der Waals surface area contributed by atoms with Crippen molar-refractivity contribution in [3.8, 4) is 11.4 Å². The van der Waals surface area contributed by atoms with Gasteiger partial charge >= 0.3 is 0 Å². The molecule has 2 aromatic rings. The first-order chi connectivity index (χ1) is 8.11. The minimum Gasteiger partial charge on any atom is -0.394 e. The highest BCUT2D eigenvalue weighted by Gasteiger charge is 2.16. The van der Waals surface area contributed by atoms with Crippen molar-refractivity contribution in [3.05, 3.63) is 34.4 Å². The average Bonchev–Trinajstić information content (AvgIpc) is 2.77. The van der Waals surface area contributed by atoms with Crippen LogP contribution in [0.1, 0.15) is 11.9 Å². The van der Waals surface area contributed by atoms with E-state index in [9.17, 15) is 4.39 Å². The summed E-state index contributed by atoms with van der Waals surface area (Å²) in [4.78, 5) is 4.03. The number of hydrogen-bond acceptors (Lipinski definition) is 5. The Morgan fingerprint density at radius 2 is 2.29 bits per heavy atom. The zero-order valence-corrected chi connectivity index (χ0v) is 10.2. The van der Waals surface area contributed by atoms with Gasteiger partial charge in [0.25, 0.3) is 0 Å². The fourth-order valence-electron chi connectivity index (χ4n) is 1.24. The van der Waals surface area contributed by atoms with Crippen LogP contribution in [0.5, 0.6) is 0 Å². The van der Waals surface area contributed by atoms with Crippen molar-refractivity contribution in [3.63, 3.8) is 0 Å². The maximum absolute atomic E-state index is 12.9. The van der Waals surface area contributed by atoms with Gasteiger partial charge < -0.3 is 15.4 Å². The van der Waals surface area contributed by atoms with Gasteiger partial charge in [-0.2, -0.15) is 4.98 Å². The fraction of sp³-hybridized carbons (Fsp3) is 0.200. The summed E-state index contributed by atoms with van der Waals surface area (Å²) in [5, 5.41) is 12.6. The Bertz CT molecular complexity index is 532. The number of nitrogens with two attached hydrogens (primary N) is 1. The van der Waals surface area contributed by atoms with Crippen LogP contribution in [-0.2, 0) is 0 Å². The van der Waals surface area contributed by atoms with Crippen molar-refractivity contribution in [1.82, 2.24) is 10.1 Å². The number of aliphatic hydroxyl groups excluding tert-OH is 1. The molecule has 90 valence electrons. The lowest BCUT2D eigenvalue weighted by molar-refractivity contribution is 0.237. The van der Waals surface area contributed by atoms with Gasteiger partial charge in [-0.25, -0.2) is 4.39 Å². The second kappa shape index (κ2) is 4.91. The molecule has 0 aliphatic carbocycles. The van der Waals surface area contributed by atoms with Gasteiger partial charge in [-0.05, 0) is 34.1 Å². The van der Waals surface area contributed by atoms with Crippen LogP contribution in [0.25, 0.3) is 11.4 Å². The van der Waals surface area contributed by atoms with Crippen LogP contribution in [-0.4, -0.2) is 21.9 Å². The van der Waals surface area contributed by atoms with E-state index in [1.807, 2.05) is 0 Å². The third-order valence-electron chi connectivity index (χ3n) is 2.13. The minimum absolute atomic E-state index is 0.138. The molecule has 1 atom stereocenters. The van der Waals surface area contributed by atoms with Crippen LogP contribution in [0.2, 0.25) is 0 Å². The normalized spacial score (nSPS) is 12.7. The summed E-state index contributed by atoms with van der Waals surface area (Å²) in [6.07, 6.45) is 0. The Labute approximate surface area is 105 Å². The maximum Gasteiger partial charge on any atom is 0.246 e. The van der Waals surface area contributed by atoms with E-state index < -0.39 is 6.04 Å². The highest BCUT2D eigenvalue weighted by Crippen LogP contribution is 2.27. The second-order valence-corrected chi connectivity index (χ2v) is 4.22. The van der Waals surface area contributed by atoms with Crippen LogP contribution in [0.3, 0.4) is 0 Å². The Balaban J connectivity index is 2.37. The van der Waals surface area contributed by atoms with E-state index in [-0.39, 0.29) is 24.1 Å². The van der Waals surface area contributed by atoms with Gasteiger partial charge in [0, 0.05) is 10.0 Å². The molecule has 1 aromatic carbocycles. The number of nitrogens with zero attached hydrogens (tertiary/aromatic N) is 2. The highest BCUT2D eigenvalue weighted by molar-refractivity contribution is 9.10. The molecule has 3 N–H and O–H groups in total. The smallest absolute Gasteiger partial charge is 0.246 e. The number of aromatic nitrogens is 2. The largest absolute Gasteiger partial charge is 0.394 e. The van der Waals surface area contributed by atoms with E-state index in [2.05, 4.69) is 26.1 Å². The number of benzene rings is 1.